The first-order valence-corrected chi connectivity index (χ1v) is 10.0. The summed E-state index contributed by atoms with van der Waals surface area (Å²) in [5.74, 6) is -0.822. The Kier molecular flexibility index (Phi) is 6.05. The van der Waals surface area contributed by atoms with Gasteiger partial charge in [0.2, 0.25) is 5.78 Å². The lowest BCUT2D eigenvalue weighted by molar-refractivity contribution is -0.137. The number of ether oxygens (including phenoxy) is 1. The molecule has 4 aromatic rings. The molecule has 2 N–H and O–H groups in total. The largest absolute Gasteiger partial charge is 0.447 e. The summed E-state index contributed by atoms with van der Waals surface area (Å²) in [6, 6.07) is 5.81. The predicted octanol–water partition coefficient (Wildman–Crippen LogP) is 5.65. The van der Waals surface area contributed by atoms with E-state index < -0.39 is 29.5 Å². The minimum Gasteiger partial charge on any atom is -0.447 e. The van der Waals surface area contributed by atoms with Crippen LogP contribution in [0.2, 0.25) is 0 Å². The average Bonchev–Trinajstić information content (AvgIpc) is 3.17. The van der Waals surface area contributed by atoms with Gasteiger partial charge in [-0.15, -0.1) is 0 Å². The fraction of sp³-hybridized carbons (Fsp3) is 0.182. The molecule has 0 radical (unpaired) electrons. The summed E-state index contributed by atoms with van der Waals surface area (Å²) in [7, 11) is 0. The Morgan fingerprint density at radius 1 is 1.12 bits per heavy atom. The van der Waals surface area contributed by atoms with Crippen LogP contribution in [0.3, 0.4) is 0 Å². The quantitative estimate of drug-likeness (QED) is 0.363. The first-order chi connectivity index (χ1) is 16.1. The Labute approximate surface area is 190 Å². The van der Waals surface area contributed by atoms with Crippen molar-refractivity contribution in [3.8, 4) is 11.3 Å². The number of hydrogen-bond acceptors (Lipinski definition) is 6. The monoisotopic (exact) mass is 474 g/mol. The van der Waals surface area contributed by atoms with Crippen LogP contribution < -0.4 is 10.6 Å². The molecule has 4 rings (SSSR count). The van der Waals surface area contributed by atoms with Crippen LogP contribution >= 0.6 is 0 Å². The van der Waals surface area contributed by atoms with Gasteiger partial charge < -0.3 is 10.1 Å². The summed E-state index contributed by atoms with van der Waals surface area (Å²) in [4.78, 5) is 23.9. The molecule has 8 nitrogen and oxygen atoms in total. The van der Waals surface area contributed by atoms with Crippen molar-refractivity contribution in [2.24, 2.45) is 0 Å². The van der Waals surface area contributed by atoms with Crippen molar-refractivity contribution >= 4 is 29.1 Å². The van der Waals surface area contributed by atoms with Gasteiger partial charge in [0.1, 0.15) is 11.6 Å². The third-order valence-corrected chi connectivity index (χ3v) is 4.52. The average molecular weight is 474 g/mol. The second-order valence-corrected chi connectivity index (χ2v) is 7.47. The lowest BCUT2D eigenvalue weighted by Crippen LogP contribution is -2.18. The van der Waals surface area contributed by atoms with Crippen molar-refractivity contribution in [2.45, 2.75) is 26.1 Å². The Morgan fingerprint density at radius 3 is 2.65 bits per heavy atom. The molecular formula is C22H18F4N6O2. The number of hydrogen-bond donors (Lipinski definition) is 2. The molecule has 0 atom stereocenters. The van der Waals surface area contributed by atoms with Crippen molar-refractivity contribution < 1.29 is 27.1 Å². The molecule has 0 spiro atoms. The smallest absolute Gasteiger partial charge is 0.419 e. The minimum atomic E-state index is -4.61. The summed E-state index contributed by atoms with van der Waals surface area (Å²) < 4.78 is 60.9. The van der Waals surface area contributed by atoms with Crippen LogP contribution in [0.4, 0.5) is 39.5 Å². The van der Waals surface area contributed by atoms with Gasteiger partial charge in [-0.3, -0.25) is 9.72 Å². The standard InChI is InChI=1S/C22H18F4N6O2/c1-12(2)34-21(33)30-14-9-28-20-31-18(11-32(20)10-14)15-8-13(5-6-17(15)23)29-19-16(22(24,25)26)4-3-7-27-19/h3-12H,1-2H3,(H,27,29)(H,30,33). The highest BCUT2D eigenvalue weighted by molar-refractivity contribution is 5.84. The number of alkyl halides is 3. The van der Waals surface area contributed by atoms with Crippen LogP contribution in [-0.4, -0.2) is 31.5 Å². The van der Waals surface area contributed by atoms with Crippen LogP contribution in [0, 0.1) is 5.82 Å². The fourth-order valence-electron chi connectivity index (χ4n) is 3.11. The molecule has 3 aromatic heterocycles. The molecule has 0 bridgehead atoms. The maximum absolute atomic E-state index is 14.6. The molecule has 1 aromatic carbocycles. The second kappa shape index (κ2) is 8.96. The van der Waals surface area contributed by atoms with Crippen molar-refractivity contribution in [2.75, 3.05) is 10.6 Å². The Hall–Kier alpha value is -4.22. The van der Waals surface area contributed by atoms with E-state index in [1.54, 1.807) is 13.8 Å². The van der Waals surface area contributed by atoms with Crippen molar-refractivity contribution in [1.29, 1.82) is 0 Å². The van der Waals surface area contributed by atoms with Gasteiger partial charge >= 0.3 is 12.3 Å². The number of nitrogens with one attached hydrogen (secondary N) is 2. The molecule has 0 saturated carbocycles. The van der Waals surface area contributed by atoms with Gasteiger partial charge in [-0.1, -0.05) is 0 Å². The number of rotatable bonds is 5. The molecule has 0 fully saturated rings. The van der Waals surface area contributed by atoms with E-state index in [2.05, 4.69) is 25.6 Å². The maximum atomic E-state index is 14.6. The zero-order valence-electron chi connectivity index (χ0n) is 17.9. The van der Waals surface area contributed by atoms with Crippen LogP contribution in [0.15, 0.2) is 55.1 Å². The molecule has 176 valence electrons. The Bertz CT molecular complexity index is 1350. The number of halogens is 4. The molecule has 1 amide bonds. The van der Waals surface area contributed by atoms with E-state index in [9.17, 15) is 22.4 Å². The highest BCUT2D eigenvalue weighted by Crippen LogP contribution is 2.35. The van der Waals surface area contributed by atoms with E-state index >= 15 is 0 Å². The molecule has 0 aliphatic rings. The summed E-state index contributed by atoms with van der Waals surface area (Å²) in [6.45, 7) is 3.41. The van der Waals surface area contributed by atoms with E-state index in [4.69, 9.17) is 4.74 Å². The molecule has 0 aliphatic heterocycles. The zero-order chi connectivity index (χ0) is 24.5. The molecular weight excluding hydrogens is 456 g/mol. The van der Waals surface area contributed by atoms with Gasteiger partial charge in [-0.2, -0.15) is 13.2 Å². The second-order valence-electron chi connectivity index (χ2n) is 7.47. The number of carbonyl (C=O) groups excluding carboxylic acids is 1. The lowest BCUT2D eigenvalue weighted by atomic mass is 10.1. The summed E-state index contributed by atoms with van der Waals surface area (Å²) in [6.07, 6.45) is 0.00272. The highest BCUT2D eigenvalue weighted by Gasteiger charge is 2.34. The van der Waals surface area contributed by atoms with E-state index in [1.807, 2.05) is 0 Å². The number of fused-ring (bicyclic) bond motifs is 1. The van der Waals surface area contributed by atoms with Gasteiger partial charge in [0, 0.05) is 29.8 Å². The number of benzene rings is 1. The van der Waals surface area contributed by atoms with Gasteiger partial charge in [0.15, 0.2) is 0 Å². The Morgan fingerprint density at radius 2 is 1.91 bits per heavy atom. The van der Waals surface area contributed by atoms with Crippen molar-refractivity contribution in [1.82, 2.24) is 19.4 Å². The lowest BCUT2D eigenvalue weighted by Gasteiger charge is -2.13. The van der Waals surface area contributed by atoms with Gasteiger partial charge in [-0.05, 0) is 44.2 Å². The molecule has 12 heteroatoms. The zero-order valence-corrected chi connectivity index (χ0v) is 17.9. The third kappa shape index (κ3) is 5.05. The maximum Gasteiger partial charge on any atom is 0.419 e. The van der Waals surface area contributed by atoms with Crippen LogP contribution in [-0.2, 0) is 10.9 Å². The normalized spacial score (nSPS) is 11.6. The van der Waals surface area contributed by atoms with Crippen LogP contribution in [0.5, 0.6) is 0 Å². The third-order valence-electron chi connectivity index (χ3n) is 4.52. The van der Waals surface area contributed by atoms with E-state index in [1.165, 1.54) is 47.4 Å². The summed E-state index contributed by atoms with van der Waals surface area (Å²) in [5, 5.41) is 5.11. The molecule has 0 unspecified atom stereocenters. The number of nitrogens with zero attached hydrogens (tertiary/aromatic N) is 4. The summed E-state index contributed by atoms with van der Waals surface area (Å²) in [5.41, 5.74) is -0.215. The van der Waals surface area contributed by atoms with E-state index in [0.29, 0.717) is 5.69 Å². The molecule has 34 heavy (non-hydrogen) atoms. The number of aromatic nitrogens is 4. The number of carbonyl (C=O) groups is 1. The van der Waals surface area contributed by atoms with E-state index in [0.717, 1.165) is 12.1 Å². The van der Waals surface area contributed by atoms with Crippen molar-refractivity contribution in [3.63, 3.8) is 0 Å². The SMILES string of the molecule is CC(C)OC(=O)Nc1cnc2nc(-c3cc(Nc4ncccc4C(F)(F)F)ccc3F)cn2c1. The van der Waals surface area contributed by atoms with Gasteiger partial charge in [0.05, 0.1) is 29.2 Å². The van der Waals surface area contributed by atoms with Crippen LogP contribution in [0.1, 0.15) is 19.4 Å². The molecule has 3 heterocycles. The summed E-state index contributed by atoms with van der Waals surface area (Å²) >= 11 is 0. The molecule has 0 aliphatic carbocycles. The number of pyridine rings is 1. The number of imidazole rings is 1. The molecule has 0 saturated heterocycles. The minimum absolute atomic E-state index is 0.0358. The van der Waals surface area contributed by atoms with Gasteiger partial charge in [0.25, 0.3) is 0 Å². The van der Waals surface area contributed by atoms with Crippen LogP contribution in [0.25, 0.3) is 17.0 Å². The van der Waals surface area contributed by atoms with Crippen molar-refractivity contribution in [3.05, 3.63) is 66.5 Å². The number of anilines is 3. The first kappa shape index (κ1) is 23.0. The topological polar surface area (TPSA) is 93.4 Å². The first-order valence-electron chi connectivity index (χ1n) is 10.0. The highest BCUT2D eigenvalue weighted by atomic mass is 19.4. The van der Waals surface area contributed by atoms with Gasteiger partial charge in [-0.25, -0.2) is 24.1 Å². The van der Waals surface area contributed by atoms with E-state index in [-0.39, 0.29) is 28.8 Å². The number of amides is 1. The Balaban J connectivity index is 1.63. The predicted molar refractivity (Wildman–Crippen MR) is 116 cm³/mol. The fourth-order valence-corrected chi connectivity index (χ4v) is 3.11.